The van der Waals surface area contributed by atoms with E-state index in [2.05, 4.69) is 5.32 Å². The van der Waals surface area contributed by atoms with Gasteiger partial charge >= 0.3 is 5.97 Å². The van der Waals surface area contributed by atoms with E-state index in [4.69, 9.17) is 5.11 Å². The highest BCUT2D eigenvalue weighted by Crippen LogP contribution is 2.01. The Morgan fingerprint density at radius 3 is 2.07 bits per heavy atom. The Bertz CT molecular complexity index is 346. The molecule has 88 valence electrons. The van der Waals surface area contributed by atoms with Gasteiger partial charge in [-0.2, -0.15) is 0 Å². The van der Waals surface area contributed by atoms with E-state index in [1.165, 1.54) is 0 Å². The fourth-order valence-electron chi connectivity index (χ4n) is 0.967. The summed E-state index contributed by atoms with van der Waals surface area (Å²) in [6.45, 7) is 3.25. The van der Waals surface area contributed by atoms with Gasteiger partial charge in [0.1, 0.15) is 11.8 Å². The third-order valence-electron chi connectivity index (χ3n) is 1.64. The molecule has 0 bridgehead atoms. The number of amides is 1. The number of hydrogen-bond donors (Lipinski definition) is 2. The quantitative estimate of drug-likeness (QED) is 0.655. The number of hydrogen-bond acceptors (Lipinski definition) is 4. The number of rotatable bonds is 5. The molecular formula is C8H15NO5S. The van der Waals surface area contributed by atoms with Crippen molar-refractivity contribution >= 4 is 21.7 Å². The Labute approximate surface area is 88.6 Å². The van der Waals surface area contributed by atoms with Gasteiger partial charge in [0.05, 0.1) is 0 Å². The zero-order chi connectivity index (χ0) is 12.2. The average Bonchev–Trinajstić information content (AvgIpc) is 1.95. The summed E-state index contributed by atoms with van der Waals surface area (Å²) in [7, 11) is -3.43. The molecule has 0 heterocycles. The van der Waals surface area contributed by atoms with Crippen molar-refractivity contribution in [2.24, 2.45) is 5.92 Å². The van der Waals surface area contributed by atoms with Crippen molar-refractivity contribution in [3.63, 3.8) is 0 Å². The standard InChI is InChI=1S/C8H15NO5S/c1-5(2)7(8(11)12)9-6(10)4-15(3,13)14/h5,7H,4H2,1-3H3,(H,9,10)(H,11,12)/t7-/m0/s1. The van der Waals surface area contributed by atoms with E-state index in [1.54, 1.807) is 13.8 Å². The first-order valence-corrected chi connectivity index (χ1v) is 6.39. The molecule has 0 radical (unpaired) electrons. The maximum atomic E-state index is 11.1. The third-order valence-corrected chi connectivity index (χ3v) is 2.43. The largest absolute Gasteiger partial charge is 0.480 e. The van der Waals surface area contributed by atoms with Gasteiger partial charge in [0, 0.05) is 6.26 Å². The van der Waals surface area contributed by atoms with Crippen LogP contribution in [0.4, 0.5) is 0 Å². The second-order valence-electron chi connectivity index (χ2n) is 3.70. The number of carbonyl (C=O) groups is 2. The molecule has 0 aliphatic rings. The van der Waals surface area contributed by atoms with Crippen LogP contribution in [0.15, 0.2) is 0 Å². The van der Waals surface area contributed by atoms with Gasteiger partial charge in [0.15, 0.2) is 9.84 Å². The molecule has 0 aromatic rings. The predicted molar refractivity (Wildman–Crippen MR) is 54.1 cm³/mol. The number of carbonyl (C=O) groups excluding carboxylic acids is 1. The number of carboxylic acid groups (broad SMARTS) is 1. The van der Waals surface area contributed by atoms with E-state index >= 15 is 0 Å². The van der Waals surface area contributed by atoms with E-state index in [0.717, 1.165) is 6.26 Å². The van der Waals surface area contributed by atoms with Crippen LogP contribution in [0.5, 0.6) is 0 Å². The SMILES string of the molecule is CC(C)[C@H](NC(=O)CS(C)(=O)=O)C(=O)O. The van der Waals surface area contributed by atoms with Crippen molar-refractivity contribution in [2.45, 2.75) is 19.9 Å². The third kappa shape index (κ3) is 6.05. The summed E-state index contributed by atoms with van der Waals surface area (Å²) >= 11 is 0. The first-order chi connectivity index (χ1) is 6.63. The van der Waals surface area contributed by atoms with E-state index in [9.17, 15) is 18.0 Å². The lowest BCUT2D eigenvalue weighted by atomic mass is 10.1. The maximum absolute atomic E-state index is 11.1. The van der Waals surface area contributed by atoms with Crippen LogP contribution < -0.4 is 5.32 Å². The fourth-order valence-corrected chi connectivity index (χ4v) is 1.53. The van der Waals surface area contributed by atoms with Crippen LogP contribution in [0.25, 0.3) is 0 Å². The Kier molecular flexibility index (Phi) is 4.73. The molecule has 0 saturated carbocycles. The van der Waals surface area contributed by atoms with Gasteiger partial charge in [0.25, 0.3) is 0 Å². The van der Waals surface area contributed by atoms with Gasteiger partial charge in [-0.25, -0.2) is 13.2 Å². The molecule has 0 unspecified atom stereocenters. The van der Waals surface area contributed by atoms with Crippen molar-refractivity contribution in [3.8, 4) is 0 Å². The van der Waals surface area contributed by atoms with E-state index in [1.807, 2.05) is 0 Å². The first-order valence-electron chi connectivity index (χ1n) is 4.33. The van der Waals surface area contributed by atoms with Crippen molar-refractivity contribution in [3.05, 3.63) is 0 Å². The Morgan fingerprint density at radius 2 is 1.80 bits per heavy atom. The van der Waals surface area contributed by atoms with Crippen LogP contribution in [0.1, 0.15) is 13.8 Å². The van der Waals surface area contributed by atoms with E-state index < -0.39 is 33.5 Å². The minimum atomic E-state index is -3.43. The van der Waals surface area contributed by atoms with Crippen molar-refractivity contribution in [2.75, 3.05) is 12.0 Å². The summed E-state index contributed by atoms with van der Waals surface area (Å²) in [5.74, 6) is -2.96. The Balaban J connectivity index is 4.44. The molecule has 0 aromatic carbocycles. The predicted octanol–water partition coefficient (Wildman–Crippen LogP) is -0.744. The molecule has 1 atom stereocenters. The van der Waals surface area contributed by atoms with Crippen LogP contribution in [0, 0.1) is 5.92 Å². The molecule has 7 heteroatoms. The zero-order valence-electron chi connectivity index (χ0n) is 8.85. The van der Waals surface area contributed by atoms with Gasteiger partial charge in [-0.1, -0.05) is 13.8 Å². The van der Waals surface area contributed by atoms with Crippen LogP contribution >= 0.6 is 0 Å². The second kappa shape index (κ2) is 5.11. The van der Waals surface area contributed by atoms with Crippen molar-refractivity contribution in [1.29, 1.82) is 0 Å². The minimum absolute atomic E-state index is 0.300. The summed E-state index contributed by atoms with van der Waals surface area (Å²) in [5.41, 5.74) is 0. The summed E-state index contributed by atoms with van der Waals surface area (Å²) in [4.78, 5) is 21.8. The number of aliphatic carboxylic acids is 1. The first kappa shape index (κ1) is 13.9. The Hall–Kier alpha value is -1.11. The summed E-state index contributed by atoms with van der Waals surface area (Å²) in [5, 5.41) is 10.9. The smallest absolute Gasteiger partial charge is 0.326 e. The van der Waals surface area contributed by atoms with Crippen LogP contribution in [-0.2, 0) is 19.4 Å². The number of nitrogens with one attached hydrogen (secondary N) is 1. The lowest BCUT2D eigenvalue weighted by Gasteiger charge is -2.17. The molecule has 1 amide bonds. The van der Waals surface area contributed by atoms with E-state index in [-0.39, 0.29) is 5.92 Å². The van der Waals surface area contributed by atoms with Crippen LogP contribution in [-0.4, -0.2) is 43.5 Å². The lowest BCUT2D eigenvalue weighted by Crippen LogP contribution is -2.46. The molecule has 15 heavy (non-hydrogen) atoms. The highest BCUT2D eigenvalue weighted by atomic mass is 32.2. The highest BCUT2D eigenvalue weighted by Gasteiger charge is 2.24. The van der Waals surface area contributed by atoms with Gasteiger partial charge in [-0.3, -0.25) is 4.79 Å². The van der Waals surface area contributed by atoms with Crippen LogP contribution in [0.3, 0.4) is 0 Å². The number of sulfone groups is 1. The van der Waals surface area contributed by atoms with Crippen LogP contribution in [0.2, 0.25) is 0 Å². The fraction of sp³-hybridized carbons (Fsp3) is 0.750. The van der Waals surface area contributed by atoms with Crippen molar-refractivity contribution < 1.29 is 23.1 Å². The molecule has 0 aromatic heterocycles. The van der Waals surface area contributed by atoms with Crippen molar-refractivity contribution in [1.82, 2.24) is 5.32 Å². The van der Waals surface area contributed by atoms with Gasteiger partial charge in [-0.15, -0.1) is 0 Å². The van der Waals surface area contributed by atoms with Gasteiger partial charge < -0.3 is 10.4 Å². The second-order valence-corrected chi connectivity index (χ2v) is 5.84. The monoisotopic (exact) mass is 237 g/mol. The van der Waals surface area contributed by atoms with Gasteiger partial charge in [-0.05, 0) is 5.92 Å². The molecule has 0 rings (SSSR count). The molecule has 0 fully saturated rings. The summed E-state index contributed by atoms with van der Waals surface area (Å²) in [6.07, 6.45) is 0.914. The maximum Gasteiger partial charge on any atom is 0.326 e. The molecule has 6 nitrogen and oxygen atoms in total. The zero-order valence-corrected chi connectivity index (χ0v) is 9.67. The molecule has 0 aliphatic carbocycles. The molecular weight excluding hydrogens is 222 g/mol. The molecule has 0 saturated heterocycles. The molecule has 0 aliphatic heterocycles. The normalized spacial score (nSPS) is 13.6. The minimum Gasteiger partial charge on any atom is -0.480 e. The molecule has 0 spiro atoms. The lowest BCUT2D eigenvalue weighted by molar-refractivity contribution is -0.142. The Morgan fingerprint density at radius 1 is 1.33 bits per heavy atom. The van der Waals surface area contributed by atoms with E-state index in [0.29, 0.717) is 0 Å². The molecule has 2 N–H and O–H groups in total. The van der Waals surface area contributed by atoms with Gasteiger partial charge in [0.2, 0.25) is 5.91 Å². The number of carboxylic acids is 1. The summed E-state index contributed by atoms with van der Waals surface area (Å²) < 4.78 is 21.5. The summed E-state index contributed by atoms with van der Waals surface area (Å²) in [6, 6.07) is -1.06. The highest BCUT2D eigenvalue weighted by molar-refractivity contribution is 7.91. The average molecular weight is 237 g/mol. The topological polar surface area (TPSA) is 101 Å².